The van der Waals surface area contributed by atoms with Gasteiger partial charge in [0.25, 0.3) is 0 Å². The van der Waals surface area contributed by atoms with E-state index in [4.69, 9.17) is 0 Å². The van der Waals surface area contributed by atoms with Crippen LogP contribution in [0.1, 0.15) is 32.6 Å². The van der Waals surface area contributed by atoms with E-state index >= 15 is 0 Å². The van der Waals surface area contributed by atoms with Gasteiger partial charge >= 0.3 is 0 Å². The molecule has 2 aliphatic rings. The first kappa shape index (κ1) is 8.75. The van der Waals surface area contributed by atoms with Crippen LogP contribution in [0, 0.1) is 5.41 Å². The van der Waals surface area contributed by atoms with Crippen molar-refractivity contribution in [1.82, 2.24) is 5.32 Å². The van der Waals surface area contributed by atoms with Crippen LogP contribution in [0.4, 0.5) is 0 Å². The van der Waals surface area contributed by atoms with Crippen molar-refractivity contribution in [2.75, 3.05) is 0 Å². The standard InChI is InChI=1S/C10H15NO2/c1-10-6-5-9(13)11-7(10)3-2-4-8(10)12/h3,8,12H,2,4-6H2,1H3,(H,11,13). The smallest absolute Gasteiger partial charge is 0.224 e. The maximum absolute atomic E-state index is 11.1. The molecule has 2 N–H and O–H groups in total. The van der Waals surface area contributed by atoms with E-state index in [1.807, 2.05) is 13.0 Å². The largest absolute Gasteiger partial charge is 0.392 e. The number of carbonyl (C=O) groups excluding carboxylic acids is 1. The maximum Gasteiger partial charge on any atom is 0.224 e. The van der Waals surface area contributed by atoms with Crippen molar-refractivity contribution in [3.05, 3.63) is 11.8 Å². The third kappa shape index (κ3) is 1.27. The van der Waals surface area contributed by atoms with Crippen molar-refractivity contribution in [1.29, 1.82) is 0 Å². The zero-order chi connectivity index (χ0) is 9.47. The fraction of sp³-hybridized carbons (Fsp3) is 0.700. The van der Waals surface area contributed by atoms with Crippen LogP contribution in [0.2, 0.25) is 0 Å². The number of allylic oxidation sites excluding steroid dienone is 1. The molecule has 0 aromatic heterocycles. The predicted octanol–water partition coefficient (Wildman–Crippen LogP) is 0.941. The minimum absolute atomic E-state index is 0.0813. The molecule has 0 saturated carbocycles. The van der Waals surface area contributed by atoms with Crippen LogP contribution in [0.3, 0.4) is 0 Å². The Balaban J connectivity index is 2.30. The van der Waals surface area contributed by atoms with Gasteiger partial charge < -0.3 is 10.4 Å². The monoisotopic (exact) mass is 181 g/mol. The zero-order valence-electron chi connectivity index (χ0n) is 7.84. The van der Waals surface area contributed by atoms with E-state index in [1.165, 1.54) is 0 Å². The van der Waals surface area contributed by atoms with E-state index in [-0.39, 0.29) is 17.4 Å². The highest BCUT2D eigenvalue weighted by Crippen LogP contribution is 2.42. The molecule has 2 atom stereocenters. The van der Waals surface area contributed by atoms with Gasteiger partial charge in [0, 0.05) is 17.5 Å². The fourth-order valence-corrected chi connectivity index (χ4v) is 2.20. The van der Waals surface area contributed by atoms with Crippen LogP contribution >= 0.6 is 0 Å². The Morgan fingerprint density at radius 2 is 2.46 bits per heavy atom. The number of piperidine rings is 1. The second kappa shape index (κ2) is 2.84. The Morgan fingerprint density at radius 1 is 1.69 bits per heavy atom. The lowest BCUT2D eigenvalue weighted by Gasteiger charge is -2.42. The third-order valence-corrected chi connectivity index (χ3v) is 3.28. The Hall–Kier alpha value is -0.830. The van der Waals surface area contributed by atoms with E-state index in [9.17, 15) is 9.90 Å². The summed E-state index contributed by atoms with van der Waals surface area (Å²) in [5.74, 6) is 0.0813. The molecule has 0 aromatic carbocycles. The first-order valence-corrected chi connectivity index (χ1v) is 4.81. The van der Waals surface area contributed by atoms with Gasteiger partial charge in [0.05, 0.1) is 6.10 Å². The molecule has 2 unspecified atom stereocenters. The second-order valence-electron chi connectivity index (χ2n) is 4.18. The molecule has 72 valence electrons. The molecule has 1 heterocycles. The minimum Gasteiger partial charge on any atom is -0.392 e. The number of carbonyl (C=O) groups is 1. The summed E-state index contributed by atoms with van der Waals surface area (Å²) in [4.78, 5) is 11.1. The molecule has 0 bridgehead atoms. The average molecular weight is 181 g/mol. The number of nitrogens with one attached hydrogen (secondary N) is 1. The van der Waals surface area contributed by atoms with Gasteiger partial charge in [0.1, 0.15) is 0 Å². The van der Waals surface area contributed by atoms with Gasteiger partial charge in [0.15, 0.2) is 0 Å². The van der Waals surface area contributed by atoms with Gasteiger partial charge in [-0.05, 0) is 19.3 Å². The number of hydrogen-bond acceptors (Lipinski definition) is 2. The Labute approximate surface area is 77.8 Å². The normalized spacial score (nSPS) is 39.1. The van der Waals surface area contributed by atoms with Crippen LogP contribution in [-0.4, -0.2) is 17.1 Å². The molecule has 1 amide bonds. The third-order valence-electron chi connectivity index (χ3n) is 3.28. The van der Waals surface area contributed by atoms with Gasteiger partial charge in [0.2, 0.25) is 5.91 Å². The average Bonchev–Trinajstić information content (AvgIpc) is 2.09. The topological polar surface area (TPSA) is 49.3 Å². The van der Waals surface area contributed by atoms with Crippen molar-refractivity contribution in [2.24, 2.45) is 5.41 Å². The first-order chi connectivity index (χ1) is 6.13. The van der Waals surface area contributed by atoms with E-state index < -0.39 is 0 Å². The summed E-state index contributed by atoms with van der Waals surface area (Å²) in [7, 11) is 0. The van der Waals surface area contributed by atoms with E-state index in [0.29, 0.717) is 6.42 Å². The molecule has 1 saturated heterocycles. The Morgan fingerprint density at radius 3 is 3.23 bits per heavy atom. The minimum atomic E-state index is -0.298. The lowest BCUT2D eigenvalue weighted by molar-refractivity contribution is -0.124. The van der Waals surface area contributed by atoms with E-state index in [2.05, 4.69) is 5.32 Å². The summed E-state index contributed by atoms with van der Waals surface area (Å²) in [5.41, 5.74) is 0.731. The zero-order valence-corrected chi connectivity index (χ0v) is 7.84. The maximum atomic E-state index is 11.1. The van der Waals surface area contributed by atoms with Crippen molar-refractivity contribution >= 4 is 5.91 Å². The fourth-order valence-electron chi connectivity index (χ4n) is 2.20. The molecule has 13 heavy (non-hydrogen) atoms. The Kier molecular flexibility index (Phi) is 1.91. The van der Waals surface area contributed by atoms with Gasteiger partial charge in [-0.3, -0.25) is 4.79 Å². The van der Waals surface area contributed by atoms with Crippen molar-refractivity contribution < 1.29 is 9.90 Å². The number of aliphatic hydroxyl groups is 1. The summed E-state index contributed by atoms with van der Waals surface area (Å²) in [6, 6.07) is 0. The van der Waals surface area contributed by atoms with Crippen LogP contribution in [0.5, 0.6) is 0 Å². The molecule has 3 nitrogen and oxygen atoms in total. The summed E-state index contributed by atoms with van der Waals surface area (Å²) in [6.07, 6.45) is 4.73. The van der Waals surface area contributed by atoms with Crippen molar-refractivity contribution in [3.8, 4) is 0 Å². The molecule has 0 radical (unpaired) electrons. The molecule has 0 aromatic rings. The van der Waals surface area contributed by atoms with Gasteiger partial charge in [-0.15, -0.1) is 0 Å². The van der Waals surface area contributed by atoms with Gasteiger partial charge in [-0.2, -0.15) is 0 Å². The van der Waals surface area contributed by atoms with Crippen LogP contribution in [0.15, 0.2) is 11.8 Å². The molecule has 1 aliphatic carbocycles. The predicted molar refractivity (Wildman–Crippen MR) is 48.8 cm³/mol. The highest BCUT2D eigenvalue weighted by molar-refractivity contribution is 5.79. The lowest BCUT2D eigenvalue weighted by Crippen LogP contribution is -2.47. The van der Waals surface area contributed by atoms with E-state index in [0.717, 1.165) is 25.0 Å². The second-order valence-corrected chi connectivity index (χ2v) is 4.18. The number of fused-ring (bicyclic) bond motifs is 1. The van der Waals surface area contributed by atoms with Crippen LogP contribution in [0.25, 0.3) is 0 Å². The number of hydrogen-bond donors (Lipinski definition) is 2. The van der Waals surface area contributed by atoms with Crippen LogP contribution < -0.4 is 5.32 Å². The molecule has 0 spiro atoms. The van der Waals surface area contributed by atoms with E-state index in [1.54, 1.807) is 0 Å². The first-order valence-electron chi connectivity index (χ1n) is 4.81. The summed E-state index contributed by atoms with van der Waals surface area (Å²) < 4.78 is 0. The molecule has 1 aliphatic heterocycles. The van der Waals surface area contributed by atoms with Crippen molar-refractivity contribution in [2.45, 2.75) is 38.7 Å². The number of rotatable bonds is 0. The summed E-state index contributed by atoms with van der Waals surface area (Å²) in [5, 5.41) is 12.7. The summed E-state index contributed by atoms with van der Waals surface area (Å²) >= 11 is 0. The Bertz CT molecular complexity index is 272. The quantitative estimate of drug-likeness (QED) is 0.584. The lowest BCUT2D eigenvalue weighted by atomic mass is 9.70. The number of amides is 1. The highest BCUT2D eigenvalue weighted by Gasteiger charge is 2.42. The SMILES string of the molecule is CC12CCC(=O)NC1=CCCC2O. The molecular weight excluding hydrogens is 166 g/mol. The van der Waals surface area contributed by atoms with Gasteiger partial charge in [-0.1, -0.05) is 13.0 Å². The van der Waals surface area contributed by atoms with Gasteiger partial charge in [-0.25, -0.2) is 0 Å². The highest BCUT2D eigenvalue weighted by atomic mass is 16.3. The summed E-state index contributed by atoms with van der Waals surface area (Å²) in [6.45, 7) is 2.03. The molecular formula is C10H15NO2. The van der Waals surface area contributed by atoms with Crippen molar-refractivity contribution in [3.63, 3.8) is 0 Å². The number of aliphatic hydroxyl groups excluding tert-OH is 1. The molecule has 3 heteroatoms. The molecule has 2 rings (SSSR count). The molecule has 1 fully saturated rings. The van der Waals surface area contributed by atoms with Crippen LogP contribution in [-0.2, 0) is 4.79 Å².